The molecule has 2 N–H and O–H groups in total. The standard InChI is InChI=1S/C13H9ClFN3/c14-9-3-1-8(2-4-9)12-13(16)18-7-10(15)5-6-11(18)17-12/h1-7H,16H2. The fourth-order valence-corrected chi connectivity index (χ4v) is 1.98. The van der Waals surface area contributed by atoms with Crippen molar-refractivity contribution in [1.82, 2.24) is 9.38 Å². The molecule has 18 heavy (non-hydrogen) atoms. The number of halogens is 2. The molecule has 0 unspecified atom stereocenters. The first-order valence-corrected chi connectivity index (χ1v) is 5.72. The summed E-state index contributed by atoms with van der Waals surface area (Å²) in [6.07, 6.45) is 1.32. The maximum atomic E-state index is 13.2. The molecule has 1 aromatic carbocycles. The molecule has 3 rings (SSSR count). The second-order valence-corrected chi connectivity index (χ2v) is 4.36. The second-order valence-electron chi connectivity index (χ2n) is 3.93. The number of imidazole rings is 1. The van der Waals surface area contributed by atoms with Crippen LogP contribution in [0.1, 0.15) is 0 Å². The van der Waals surface area contributed by atoms with Gasteiger partial charge in [-0.25, -0.2) is 9.37 Å². The minimum absolute atomic E-state index is 0.353. The van der Waals surface area contributed by atoms with Crippen molar-refractivity contribution in [3.63, 3.8) is 0 Å². The fourth-order valence-electron chi connectivity index (χ4n) is 1.86. The summed E-state index contributed by atoms with van der Waals surface area (Å²) >= 11 is 5.83. The molecule has 0 aliphatic rings. The van der Waals surface area contributed by atoms with Gasteiger partial charge in [0, 0.05) is 16.8 Å². The van der Waals surface area contributed by atoms with Crippen LogP contribution in [0.5, 0.6) is 0 Å². The lowest BCUT2D eigenvalue weighted by atomic mass is 10.1. The van der Waals surface area contributed by atoms with Crippen molar-refractivity contribution in [3.05, 3.63) is 53.4 Å². The van der Waals surface area contributed by atoms with Crippen molar-refractivity contribution >= 4 is 23.1 Å². The third-order valence-corrected chi connectivity index (χ3v) is 2.99. The van der Waals surface area contributed by atoms with Gasteiger partial charge in [0.25, 0.3) is 0 Å². The highest BCUT2D eigenvalue weighted by Gasteiger charge is 2.11. The molecule has 0 bridgehead atoms. The summed E-state index contributed by atoms with van der Waals surface area (Å²) in [5, 5.41) is 0.645. The zero-order valence-corrected chi connectivity index (χ0v) is 10.0. The molecule has 0 saturated heterocycles. The van der Waals surface area contributed by atoms with E-state index in [-0.39, 0.29) is 5.82 Å². The predicted molar refractivity (Wildman–Crippen MR) is 70.0 cm³/mol. The van der Waals surface area contributed by atoms with E-state index >= 15 is 0 Å². The maximum Gasteiger partial charge on any atom is 0.140 e. The first-order valence-electron chi connectivity index (χ1n) is 5.34. The van der Waals surface area contributed by atoms with Gasteiger partial charge in [0.05, 0.1) is 0 Å². The smallest absolute Gasteiger partial charge is 0.140 e. The maximum absolute atomic E-state index is 13.2. The van der Waals surface area contributed by atoms with E-state index in [9.17, 15) is 4.39 Å². The number of aromatic nitrogens is 2. The van der Waals surface area contributed by atoms with Crippen molar-refractivity contribution < 1.29 is 4.39 Å². The Morgan fingerprint density at radius 2 is 1.83 bits per heavy atom. The Morgan fingerprint density at radius 1 is 1.11 bits per heavy atom. The molecule has 0 aliphatic heterocycles. The molecule has 0 saturated carbocycles. The largest absolute Gasteiger partial charge is 0.383 e. The van der Waals surface area contributed by atoms with Gasteiger partial charge in [-0.1, -0.05) is 23.7 Å². The lowest BCUT2D eigenvalue weighted by Gasteiger charge is -1.99. The minimum atomic E-state index is -0.353. The number of benzene rings is 1. The highest BCUT2D eigenvalue weighted by Crippen LogP contribution is 2.27. The summed E-state index contributed by atoms with van der Waals surface area (Å²) < 4.78 is 14.7. The molecule has 0 atom stereocenters. The molecule has 0 fully saturated rings. The summed E-state index contributed by atoms with van der Waals surface area (Å²) in [6, 6.07) is 10.1. The quantitative estimate of drug-likeness (QED) is 0.730. The zero-order valence-electron chi connectivity index (χ0n) is 9.27. The number of pyridine rings is 1. The van der Waals surface area contributed by atoms with Crippen molar-refractivity contribution in [2.45, 2.75) is 0 Å². The Balaban J connectivity index is 2.23. The van der Waals surface area contributed by atoms with Crippen molar-refractivity contribution in [2.75, 3.05) is 5.73 Å². The number of anilines is 1. The van der Waals surface area contributed by atoms with Crippen LogP contribution in [0.15, 0.2) is 42.6 Å². The molecular weight excluding hydrogens is 253 g/mol. The fraction of sp³-hybridized carbons (Fsp3) is 0. The van der Waals surface area contributed by atoms with Gasteiger partial charge in [0.1, 0.15) is 23.0 Å². The lowest BCUT2D eigenvalue weighted by Crippen LogP contribution is -1.94. The first-order chi connectivity index (χ1) is 8.65. The van der Waals surface area contributed by atoms with Gasteiger partial charge in [-0.3, -0.25) is 4.40 Å². The molecule has 5 heteroatoms. The van der Waals surface area contributed by atoms with Crippen LogP contribution in [0.3, 0.4) is 0 Å². The van der Waals surface area contributed by atoms with E-state index < -0.39 is 0 Å². The lowest BCUT2D eigenvalue weighted by molar-refractivity contribution is 0.619. The van der Waals surface area contributed by atoms with Crippen LogP contribution in [0.2, 0.25) is 5.02 Å². The van der Waals surface area contributed by atoms with Gasteiger partial charge < -0.3 is 5.73 Å². The molecule has 0 aliphatic carbocycles. The monoisotopic (exact) mass is 261 g/mol. The van der Waals surface area contributed by atoms with E-state index in [2.05, 4.69) is 4.98 Å². The Morgan fingerprint density at radius 3 is 2.56 bits per heavy atom. The third-order valence-electron chi connectivity index (χ3n) is 2.74. The van der Waals surface area contributed by atoms with Gasteiger partial charge in [0.15, 0.2) is 0 Å². The number of nitrogen functional groups attached to an aromatic ring is 1. The number of hydrogen-bond donors (Lipinski definition) is 1. The highest BCUT2D eigenvalue weighted by atomic mass is 35.5. The predicted octanol–water partition coefficient (Wildman–Crippen LogP) is 3.38. The van der Waals surface area contributed by atoms with Crippen molar-refractivity contribution in [3.8, 4) is 11.3 Å². The Labute approximate surface area is 108 Å². The van der Waals surface area contributed by atoms with Gasteiger partial charge >= 0.3 is 0 Å². The first kappa shape index (κ1) is 11.0. The Bertz CT molecular complexity index is 719. The number of hydrogen-bond acceptors (Lipinski definition) is 2. The van der Waals surface area contributed by atoms with Crippen LogP contribution in [0.25, 0.3) is 16.9 Å². The highest BCUT2D eigenvalue weighted by molar-refractivity contribution is 6.30. The van der Waals surface area contributed by atoms with Crippen LogP contribution in [-0.2, 0) is 0 Å². The van der Waals surface area contributed by atoms with Gasteiger partial charge in [0.2, 0.25) is 0 Å². The Kier molecular flexibility index (Phi) is 2.45. The van der Waals surface area contributed by atoms with Crippen LogP contribution >= 0.6 is 11.6 Å². The van der Waals surface area contributed by atoms with Crippen LogP contribution in [0, 0.1) is 5.82 Å². The summed E-state index contributed by atoms with van der Waals surface area (Å²) in [6.45, 7) is 0. The molecule has 90 valence electrons. The van der Waals surface area contributed by atoms with Gasteiger partial charge in [-0.2, -0.15) is 0 Å². The molecular formula is C13H9ClFN3. The molecule has 0 radical (unpaired) electrons. The number of fused-ring (bicyclic) bond motifs is 1. The van der Waals surface area contributed by atoms with Gasteiger partial charge in [-0.15, -0.1) is 0 Å². The van der Waals surface area contributed by atoms with Crippen molar-refractivity contribution in [2.24, 2.45) is 0 Å². The average Bonchev–Trinajstić information content (AvgIpc) is 2.68. The summed E-state index contributed by atoms with van der Waals surface area (Å²) in [5.74, 6) is 0.0566. The zero-order chi connectivity index (χ0) is 12.7. The molecule has 2 aromatic heterocycles. The third kappa shape index (κ3) is 1.71. The summed E-state index contributed by atoms with van der Waals surface area (Å²) in [4.78, 5) is 4.38. The molecule has 0 amide bonds. The number of nitrogens with zero attached hydrogens (tertiary/aromatic N) is 2. The SMILES string of the molecule is Nc1c(-c2ccc(Cl)cc2)nc2ccc(F)cn12. The number of nitrogens with two attached hydrogens (primary N) is 1. The van der Waals surface area contributed by atoms with Crippen LogP contribution < -0.4 is 5.73 Å². The van der Waals surface area contributed by atoms with Crippen LogP contribution in [0.4, 0.5) is 10.2 Å². The van der Waals surface area contributed by atoms with E-state index in [4.69, 9.17) is 17.3 Å². The molecule has 3 nitrogen and oxygen atoms in total. The van der Waals surface area contributed by atoms with E-state index in [0.717, 1.165) is 5.56 Å². The number of rotatable bonds is 1. The normalized spacial score (nSPS) is 11.0. The van der Waals surface area contributed by atoms with Gasteiger partial charge in [-0.05, 0) is 24.3 Å². The molecule has 0 spiro atoms. The summed E-state index contributed by atoms with van der Waals surface area (Å²) in [5.41, 5.74) is 8.06. The average molecular weight is 262 g/mol. The van der Waals surface area contributed by atoms with Crippen molar-refractivity contribution in [1.29, 1.82) is 0 Å². The van der Waals surface area contributed by atoms with E-state index in [1.807, 2.05) is 12.1 Å². The van der Waals surface area contributed by atoms with Crippen LogP contribution in [-0.4, -0.2) is 9.38 Å². The second kappa shape index (κ2) is 3.99. The van der Waals surface area contributed by atoms with E-state index in [1.54, 1.807) is 18.2 Å². The topological polar surface area (TPSA) is 43.3 Å². The Hall–Kier alpha value is -2.07. The molecule has 2 heterocycles. The minimum Gasteiger partial charge on any atom is -0.383 e. The van der Waals surface area contributed by atoms with E-state index in [0.29, 0.717) is 22.2 Å². The summed E-state index contributed by atoms with van der Waals surface area (Å²) in [7, 11) is 0. The molecule has 3 aromatic rings. The van der Waals surface area contributed by atoms with E-state index in [1.165, 1.54) is 16.7 Å².